The lowest BCUT2D eigenvalue weighted by molar-refractivity contribution is 0.630. The molecule has 0 bridgehead atoms. The highest BCUT2D eigenvalue weighted by Gasteiger charge is 2.36. The van der Waals surface area contributed by atoms with Gasteiger partial charge in [0.05, 0.1) is 22.4 Å². The highest BCUT2D eigenvalue weighted by molar-refractivity contribution is 7.25. The van der Waals surface area contributed by atoms with Crippen LogP contribution in [0.1, 0.15) is 44.6 Å². The molecule has 0 spiro atoms. The van der Waals surface area contributed by atoms with E-state index in [2.05, 4.69) is 142 Å². The van der Waals surface area contributed by atoms with Crippen LogP contribution in [-0.4, -0.2) is 21.8 Å². The summed E-state index contributed by atoms with van der Waals surface area (Å²) in [5, 5.41) is 5.07. The molecule has 3 nitrogen and oxygen atoms in total. The van der Waals surface area contributed by atoms with E-state index in [9.17, 15) is 0 Å². The third kappa shape index (κ3) is 4.87. The van der Waals surface area contributed by atoms with Gasteiger partial charge >= 0.3 is 0 Å². The van der Waals surface area contributed by atoms with Gasteiger partial charge in [-0.1, -0.05) is 130 Å². The van der Waals surface area contributed by atoms with Gasteiger partial charge in [-0.25, -0.2) is 9.97 Å². The minimum absolute atomic E-state index is 0.211. The molecular formula is C44H38BN3S. The fourth-order valence-electron chi connectivity index (χ4n) is 7.50. The average Bonchev–Trinajstić information content (AvgIpc) is 3.66. The van der Waals surface area contributed by atoms with E-state index in [-0.39, 0.29) is 5.41 Å². The van der Waals surface area contributed by atoms with E-state index in [1.807, 2.05) is 36.5 Å². The maximum absolute atomic E-state index is 5.33. The molecule has 1 aliphatic heterocycles. The molecule has 238 valence electrons. The quantitative estimate of drug-likeness (QED) is 0.127. The smallest absolute Gasteiger partial charge is 0.160 e. The zero-order valence-electron chi connectivity index (χ0n) is 28.7. The Morgan fingerprint density at radius 1 is 0.857 bits per heavy atom. The van der Waals surface area contributed by atoms with Crippen molar-refractivity contribution < 1.29 is 0 Å². The number of rotatable bonds is 7. The molecule has 0 aliphatic carbocycles. The Morgan fingerprint density at radius 2 is 1.63 bits per heavy atom. The maximum atomic E-state index is 5.33. The Labute approximate surface area is 292 Å². The second-order valence-electron chi connectivity index (χ2n) is 13.3. The summed E-state index contributed by atoms with van der Waals surface area (Å²) in [4.78, 5) is 11.7. The zero-order chi connectivity index (χ0) is 33.9. The Morgan fingerprint density at radius 3 is 2.43 bits per heavy atom. The molecule has 4 heterocycles. The van der Waals surface area contributed by atoms with Crippen LogP contribution >= 0.6 is 11.3 Å². The largest absolute Gasteiger partial charge is 0.300 e. The molecule has 0 N–H and O–H groups in total. The number of hydrogen-bond acceptors (Lipinski definition) is 3. The first-order valence-electron chi connectivity index (χ1n) is 17.1. The van der Waals surface area contributed by atoms with Gasteiger partial charge in [0.2, 0.25) is 0 Å². The van der Waals surface area contributed by atoms with Crippen LogP contribution in [0.3, 0.4) is 0 Å². The second-order valence-corrected chi connectivity index (χ2v) is 14.3. The molecule has 0 unspecified atom stereocenters. The lowest BCUT2D eigenvalue weighted by atomic mass is 9.68. The minimum atomic E-state index is -0.211. The lowest BCUT2D eigenvalue weighted by Gasteiger charge is -2.35. The van der Waals surface area contributed by atoms with E-state index in [0.29, 0.717) is 5.82 Å². The predicted octanol–water partition coefficient (Wildman–Crippen LogP) is 11.7. The summed E-state index contributed by atoms with van der Waals surface area (Å²) in [7, 11) is 0.859. The Bertz CT molecular complexity index is 2610. The van der Waals surface area contributed by atoms with Crippen molar-refractivity contribution in [2.75, 3.05) is 0 Å². The van der Waals surface area contributed by atoms with E-state index in [1.165, 1.54) is 48.0 Å². The van der Waals surface area contributed by atoms with Gasteiger partial charge < -0.3 is 4.57 Å². The molecule has 5 heteroatoms. The lowest BCUT2D eigenvalue weighted by Crippen LogP contribution is -2.26. The molecule has 0 atom stereocenters. The van der Waals surface area contributed by atoms with Gasteiger partial charge in [0.1, 0.15) is 4.83 Å². The standard InChI is InChI=1S/C44H38BN3S/c1-7-9-10-16-27(3)35(45-6)26-28(8-2)42-46-36-21-13-11-17-30(36)40(47-42)29-23-24-37-34(25-29)44(4,5)33-20-15-19-32-39-31-18-12-14-22-38(31)49-43(39)48(37)41(32)33/h7-26,45H,3H2,1-2,4-6H3/b9-7-,16-10-,28-8+,35-26-. The second kappa shape index (κ2) is 12.0. The van der Waals surface area contributed by atoms with Crippen molar-refractivity contribution in [3.8, 4) is 16.9 Å². The van der Waals surface area contributed by atoms with Crippen LogP contribution < -0.4 is 0 Å². The highest BCUT2D eigenvalue weighted by Crippen LogP contribution is 2.51. The first-order chi connectivity index (χ1) is 23.8. The molecule has 7 aromatic rings. The van der Waals surface area contributed by atoms with Crippen molar-refractivity contribution in [2.24, 2.45) is 0 Å². The average molecular weight is 652 g/mol. The van der Waals surface area contributed by atoms with Crippen LogP contribution in [0, 0.1) is 0 Å². The Hall–Kier alpha value is -5.26. The molecule has 0 saturated heterocycles. The normalized spacial score (nSPS) is 14.6. The van der Waals surface area contributed by atoms with E-state index in [1.54, 1.807) is 0 Å². The summed E-state index contributed by atoms with van der Waals surface area (Å²) in [5.41, 5.74) is 11.1. The van der Waals surface area contributed by atoms with Gasteiger partial charge in [0.25, 0.3) is 0 Å². The highest BCUT2D eigenvalue weighted by atomic mass is 32.1. The number of thiophene rings is 1. The number of aromatic nitrogens is 3. The van der Waals surface area contributed by atoms with Crippen LogP contribution in [0.15, 0.2) is 139 Å². The van der Waals surface area contributed by atoms with Gasteiger partial charge in [-0.15, -0.1) is 11.3 Å². The van der Waals surface area contributed by atoms with Gasteiger partial charge in [-0.2, -0.15) is 0 Å². The molecule has 1 aliphatic rings. The summed E-state index contributed by atoms with van der Waals surface area (Å²) in [5.74, 6) is 0.716. The van der Waals surface area contributed by atoms with Crippen LogP contribution in [-0.2, 0) is 5.41 Å². The Kier molecular flexibility index (Phi) is 7.61. The fourth-order valence-corrected chi connectivity index (χ4v) is 8.74. The van der Waals surface area contributed by atoms with Crippen molar-refractivity contribution in [3.05, 3.63) is 156 Å². The van der Waals surface area contributed by atoms with E-state index >= 15 is 0 Å². The number of hydrogen-bond donors (Lipinski definition) is 0. The first kappa shape index (κ1) is 31.0. The fraction of sp³-hybridized carbons (Fsp3) is 0.136. The monoisotopic (exact) mass is 651 g/mol. The first-order valence-corrected chi connectivity index (χ1v) is 17.9. The van der Waals surface area contributed by atoms with Crippen molar-refractivity contribution in [3.63, 3.8) is 0 Å². The third-order valence-electron chi connectivity index (χ3n) is 10.1. The molecule has 0 amide bonds. The molecule has 8 rings (SSSR count). The maximum Gasteiger partial charge on any atom is 0.160 e. The molecule has 49 heavy (non-hydrogen) atoms. The van der Waals surface area contributed by atoms with Crippen LogP contribution in [0.5, 0.6) is 0 Å². The van der Waals surface area contributed by atoms with E-state index < -0.39 is 0 Å². The van der Waals surface area contributed by atoms with Crippen LogP contribution in [0.2, 0.25) is 6.82 Å². The molecule has 0 radical (unpaired) electrons. The third-order valence-corrected chi connectivity index (χ3v) is 11.2. The molecule has 0 saturated carbocycles. The van der Waals surface area contributed by atoms with E-state index in [0.717, 1.165) is 46.1 Å². The summed E-state index contributed by atoms with van der Waals surface area (Å²) in [6.07, 6.45) is 12.4. The van der Waals surface area contributed by atoms with Crippen LogP contribution in [0.4, 0.5) is 0 Å². The van der Waals surface area contributed by atoms with Crippen molar-refractivity contribution in [2.45, 2.75) is 39.9 Å². The molecule has 0 fully saturated rings. The van der Waals surface area contributed by atoms with Crippen molar-refractivity contribution in [1.29, 1.82) is 0 Å². The molecule has 4 aromatic carbocycles. The zero-order valence-corrected chi connectivity index (χ0v) is 29.5. The number of allylic oxidation sites excluding steroid dienone is 9. The molecular weight excluding hydrogens is 613 g/mol. The van der Waals surface area contributed by atoms with Gasteiger partial charge in [-0.05, 0) is 54.8 Å². The van der Waals surface area contributed by atoms with Crippen LogP contribution in [0.25, 0.3) is 64.6 Å². The van der Waals surface area contributed by atoms with Crippen molar-refractivity contribution in [1.82, 2.24) is 14.5 Å². The number of fused-ring (bicyclic) bond motifs is 8. The van der Waals surface area contributed by atoms with Gasteiger partial charge in [0.15, 0.2) is 13.1 Å². The topological polar surface area (TPSA) is 30.7 Å². The van der Waals surface area contributed by atoms with Gasteiger partial charge in [0, 0.05) is 42.8 Å². The summed E-state index contributed by atoms with van der Waals surface area (Å²) in [6, 6.07) is 31.0. The number of benzene rings is 4. The number of nitrogens with zero attached hydrogens (tertiary/aromatic N) is 3. The summed E-state index contributed by atoms with van der Waals surface area (Å²) < 4.78 is 3.84. The SMILES string of the molecule is C=C(/C=C\C=C/C)/C(BC)=C/C(=C\C)c1nc(-c2ccc3c(c2)C(C)(C)c2cccc4c5c6ccccc6sc5n-3c24)c2ccccc2n1. The molecule has 3 aromatic heterocycles. The summed E-state index contributed by atoms with van der Waals surface area (Å²) >= 11 is 1.89. The number of para-hydroxylation sites is 2. The van der Waals surface area contributed by atoms with E-state index in [4.69, 9.17) is 9.97 Å². The predicted molar refractivity (Wildman–Crippen MR) is 215 cm³/mol. The van der Waals surface area contributed by atoms with Crippen molar-refractivity contribution >= 4 is 66.3 Å². The summed E-state index contributed by atoms with van der Waals surface area (Å²) in [6.45, 7) is 15.3. The minimum Gasteiger partial charge on any atom is -0.300 e. The van der Waals surface area contributed by atoms with Gasteiger partial charge in [-0.3, -0.25) is 0 Å². The Balaban J connectivity index is 1.32.